The summed E-state index contributed by atoms with van der Waals surface area (Å²) in [6, 6.07) is 5.99. The number of rotatable bonds is 7. The predicted octanol–water partition coefficient (Wildman–Crippen LogP) is 4.23. The summed E-state index contributed by atoms with van der Waals surface area (Å²) >= 11 is 0. The van der Waals surface area contributed by atoms with Crippen LogP contribution in [0.2, 0.25) is 0 Å². The number of likely N-dealkylation sites (tertiary alicyclic amines) is 1. The van der Waals surface area contributed by atoms with Crippen molar-refractivity contribution in [2.45, 2.75) is 52.0 Å². The van der Waals surface area contributed by atoms with E-state index in [1.807, 2.05) is 30.0 Å². The molecule has 1 aliphatic heterocycles. The molecule has 1 amide bonds. The summed E-state index contributed by atoms with van der Waals surface area (Å²) in [6.45, 7) is 11.3. The van der Waals surface area contributed by atoms with Gasteiger partial charge >= 0.3 is 0 Å². The first-order chi connectivity index (χ1) is 13.9. The maximum Gasteiger partial charge on any atom is 0.249 e. The number of hydrogen-bond acceptors (Lipinski definition) is 6. The Balaban J connectivity index is 1.71. The normalized spacial score (nSPS) is 14.8. The van der Waals surface area contributed by atoms with Gasteiger partial charge in [-0.2, -0.15) is 4.98 Å². The van der Waals surface area contributed by atoms with Crippen LogP contribution in [0.4, 0.5) is 5.69 Å². The molecule has 1 fully saturated rings. The van der Waals surface area contributed by atoms with Crippen LogP contribution in [0.25, 0.3) is 11.4 Å². The highest BCUT2D eigenvalue weighted by Crippen LogP contribution is 2.30. The second-order valence-electron chi connectivity index (χ2n) is 7.73. The van der Waals surface area contributed by atoms with Crippen molar-refractivity contribution < 1.29 is 9.32 Å². The van der Waals surface area contributed by atoms with Crippen molar-refractivity contribution >= 4 is 17.8 Å². The van der Waals surface area contributed by atoms with Gasteiger partial charge in [-0.05, 0) is 39.2 Å². The average Bonchev–Trinajstić information content (AvgIpc) is 3.22. The van der Waals surface area contributed by atoms with Crippen LogP contribution in [0.5, 0.6) is 0 Å². The van der Waals surface area contributed by atoms with Gasteiger partial charge in [-0.3, -0.25) is 4.79 Å². The first-order valence-corrected chi connectivity index (χ1v) is 10.1. The molecular weight excluding hydrogens is 366 g/mol. The Morgan fingerprint density at radius 3 is 2.76 bits per heavy atom. The summed E-state index contributed by atoms with van der Waals surface area (Å²) in [5.41, 5.74) is 3.20. The molecule has 2 heterocycles. The largest absolute Gasteiger partial charge is 0.382 e. The van der Waals surface area contributed by atoms with Gasteiger partial charge in [0.1, 0.15) is 0 Å². The molecule has 0 aliphatic carbocycles. The van der Waals surface area contributed by atoms with Crippen molar-refractivity contribution in [2.75, 3.05) is 18.4 Å². The molecule has 1 aromatic carbocycles. The van der Waals surface area contributed by atoms with Crippen molar-refractivity contribution in [1.82, 2.24) is 15.0 Å². The maximum absolute atomic E-state index is 12.3. The standard InChI is InChI=1S/C22H29N5O2/c1-5-15(4)22(28)27-10-8-16(9-11-27)21-25-20(26-29-21)17-6-7-18(13-23)19(12-17)24-14(2)3/h6-7,12-14,16,23-24H,4-5,8-11H2,1-3H3. The highest BCUT2D eigenvalue weighted by molar-refractivity contribution is 5.92. The van der Waals surface area contributed by atoms with E-state index in [0.29, 0.717) is 36.8 Å². The summed E-state index contributed by atoms with van der Waals surface area (Å²) in [6.07, 6.45) is 3.61. The third-order valence-electron chi connectivity index (χ3n) is 5.21. The van der Waals surface area contributed by atoms with E-state index < -0.39 is 0 Å². The third kappa shape index (κ3) is 4.72. The number of anilines is 1. The Hall–Kier alpha value is -2.96. The van der Waals surface area contributed by atoms with E-state index >= 15 is 0 Å². The molecule has 0 bridgehead atoms. The first kappa shape index (κ1) is 20.8. The molecule has 1 aromatic heterocycles. The Labute approximate surface area is 171 Å². The smallest absolute Gasteiger partial charge is 0.249 e. The van der Waals surface area contributed by atoms with Gasteiger partial charge in [0.05, 0.1) is 0 Å². The molecule has 0 saturated carbocycles. The lowest BCUT2D eigenvalue weighted by Crippen LogP contribution is -2.38. The van der Waals surface area contributed by atoms with Gasteiger partial charge in [0.15, 0.2) is 0 Å². The molecule has 2 aromatic rings. The highest BCUT2D eigenvalue weighted by atomic mass is 16.5. The van der Waals surface area contributed by atoms with E-state index in [-0.39, 0.29) is 17.9 Å². The zero-order chi connectivity index (χ0) is 21.0. The number of hydrogen-bond donors (Lipinski definition) is 2. The zero-order valence-corrected chi connectivity index (χ0v) is 17.4. The van der Waals surface area contributed by atoms with Gasteiger partial charge in [-0.15, -0.1) is 0 Å². The first-order valence-electron chi connectivity index (χ1n) is 10.1. The van der Waals surface area contributed by atoms with Gasteiger partial charge in [0.25, 0.3) is 0 Å². The van der Waals surface area contributed by atoms with Crippen LogP contribution in [0.1, 0.15) is 57.4 Å². The van der Waals surface area contributed by atoms with Crippen molar-refractivity contribution in [3.8, 4) is 11.4 Å². The monoisotopic (exact) mass is 395 g/mol. The number of carbonyl (C=O) groups is 1. The number of benzene rings is 1. The summed E-state index contributed by atoms with van der Waals surface area (Å²) in [5, 5.41) is 15.1. The molecule has 1 saturated heterocycles. The predicted molar refractivity (Wildman–Crippen MR) is 114 cm³/mol. The van der Waals surface area contributed by atoms with Crippen LogP contribution in [0.15, 0.2) is 34.9 Å². The van der Waals surface area contributed by atoms with Gasteiger partial charge in [-0.1, -0.05) is 30.8 Å². The Kier molecular flexibility index (Phi) is 6.46. The molecule has 0 atom stereocenters. The lowest BCUT2D eigenvalue weighted by atomic mass is 9.96. The summed E-state index contributed by atoms with van der Waals surface area (Å²) in [4.78, 5) is 18.8. The minimum Gasteiger partial charge on any atom is -0.382 e. The van der Waals surface area contributed by atoms with Crippen molar-refractivity contribution in [3.05, 3.63) is 41.8 Å². The van der Waals surface area contributed by atoms with Gasteiger partial charge in [-0.25, -0.2) is 0 Å². The van der Waals surface area contributed by atoms with E-state index in [1.54, 1.807) is 0 Å². The number of carbonyl (C=O) groups excluding carboxylic acids is 1. The van der Waals surface area contributed by atoms with Crippen LogP contribution in [-0.4, -0.2) is 46.3 Å². The lowest BCUT2D eigenvalue weighted by molar-refractivity contribution is -0.128. The Morgan fingerprint density at radius 1 is 1.41 bits per heavy atom. The molecule has 29 heavy (non-hydrogen) atoms. The molecule has 154 valence electrons. The minimum atomic E-state index is 0.0497. The molecule has 1 aliphatic rings. The number of aromatic nitrogens is 2. The second-order valence-corrected chi connectivity index (χ2v) is 7.73. The molecule has 0 radical (unpaired) electrons. The Morgan fingerprint density at radius 2 is 2.14 bits per heavy atom. The van der Waals surface area contributed by atoms with Crippen LogP contribution < -0.4 is 5.32 Å². The zero-order valence-electron chi connectivity index (χ0n) is 17.4. The SMILES string of the molecule is C=C(CC)C(=O)N1CCC(c2nc(-c3ccc(C=N)c(NC(C)C)c3)no2)CC1. The molecule has 3 rings (SSSR count). The van der Waals surface area contributed by atoms with Crippen LogP contribution >= 0.6 is 0 Å². The second kappa shape index (κ2) is 9.03. The molecule has 0 spiro atoms. The van der Waals surface area contributed by atoms with E-state index in [9.17, 15) is 4.79 Å². The van der Waals surface area contributed by atoms with E-state index in [4.69, 9.17) is 9.93 Å². The van der Waals surface area contributed by atoms with Crippen molar-refractivity contribution in [1.29, 1.82) is 5.41 Å². The van der Waals surface area contributed by atoms with E-state index in [2.05, 4.69) is 35.9 Å². The summed E-state index contributed by atoms with van der Waals surface area (Å²) in [7, 11) is 0. The van der Waals surface area contributed by atoms with Crippen LogP contribution in [-0.2, 0) is 4.79 Å². The van der Waals surface area contributed by atoms with Gasteiger partial charge in [0.2, 0.25) is 17.6 Å². The fourth-order valence-corrected chi connectivity index (χ4v) is 3.48. The van der Waals surface area contributed by atoms with E-state index in [1.165, 1.54) is 6.21 Å². The maximum atomic E-state index is 12.3. The van der Waals surface area contributed by atoms with Crippen molar-refractivity contribution in [3.63, 3.8) is 0 Å². The van der Waals surface area contributed by atoms with Gasteiger partial charge in [0, 0.05) is 53.7 Å². The summed E-state index contributed by atoms with van der Waals surface area (Å²) < 4.78 is 5.55. The number of nitrogens with one attached hydrogen (secondary N) is 2. The third-order valence-corrected chi connectivity index (χ3v) is 5.21. The fraction of sp³-hybridized carbons (Fsp3) is 0.455. The summed E-state index contributed by atoms with van der Waals surface area (Å²) in [5.74, 6) is 1.37. The molecule has 7 nitrogen and oxygen atoms in total. The molecular formula is C22H29N5O2. The topological polar surface area (TPSA) is 95.1 Å². The minimum absolute atomic E-state index is 0.0497. The fourth-order valence-electron chi connectivity index (χ4n) is 3.48. The quantitative estimate of drug-likeness (QED) is 0.540. The number of piperidine rings is 1. The number of amides is 1. The van der Waals surface area contributed by atoms with Crippen LogP contribution in [0, 0.1) is 5.41 Å². The number of nitrogens with zero attached hydrogens (tertiary/aromatic N) is 3. The molecule has 7 heteroatoms. The van der Waals surface area contributed by atoms with Crippen molar-refractivity contribution in [2.24, 2.45) is 0 Å². The van der Waals surface area contributed by atoms with E-state index in [0.717, 1.165) is 29.7 Å². The van der Waals surface area contributed by atoms with Crippen LogP contribution in [0.3, 0.4) is 0 Å². The highest BCUT2D eigenvalue weighted by Gasteiger charge is 2.28. The van der Waals surface area contributed by atoms with Gasteiger partial charge < -0.3 is 20.1 Å². The molecule has 2 N–H and O–H groups in total. The lowest BCUT2D eigenvalue weighted by Gasteiger charge is -2.30. The Bertz CT molecular complexity index is 894. The average molecular weight is 396 g/mol. The molecule has 0 unspecified atom stereocenters.